The van der Waals surface area contributed by atoms with E-state index in [0.29, 0.717) is 4.90 Å². The smallest absolute Gasteiger partial charge is 0.242 e. The second-order valence-electron chi connectivity index (χ2n) is 3.86. The number of nitrogens with zero attached hydrogens (tertiary/aromatic N) is 2. The van der Waals surface area contributed by atoms with Gasteiger partial charge in [-0.3, -0.25) is 4.98 Å². The zero-order valence-corrected chi connectivity index (χ0v) is 10.2. The van der Waals surface area contributed by atoms with Crippen molar-refractivity contribution in [2.75, 3.05) is 14.1 Å². The number of sulfonamides is 1. The zero-order valence-electron chi connectivity index (χ0n) is 9.43. The van der Waals surface area contributed by atoms with Crippen LogP contribution in [0.5, 0.6) is 0 Å². The minimum absolute atomic E-state index is 0.142. The van der Waals surface area contributed by atoms with Crippen LogP contribution in [-0.4, -0.2) is 31.8 Å². The van der Waals surface area contributed by atoms with E-state index in [1.54, 1.807) is 12.3 Å². The molecule has 0 atom stereocenters. The second-order valence-corrected chi connectivity index (χ2v) is 5.98. The Hall–Kier alpha value is -0.940. The summed E-state index contributed by atoms with van der Waals surface area (Å²) in [6, 6.07) is 1.55. The van der Waals surface area contributed by atoms with Crippen LogP contribution >= 0.6 is 0 Å². The molecule has 0 aliphatic rings. The third-order valence-corrected chi connectivity index (χ3v) is 4.08. The zero-order chi connectivity index (χ0) is 11.6. The van der Waals surface area contributed by atoms with E-state index in [9.17, 15) is 8.42 Å². The van der Waals surface area contributed by atoms with E-state index in [-0.39, 0.29) is 5.92 Å². The Morgan fingerprint density at radius 3 is 2.40 bits per heavy atom. The molecular weight excluding hydrogens is 212 g/mol. The number of hydrogen-bond acceptors (Lipinski definition) is 3. The van der Waals surface area contributed by atoms with Gasteiger partial charge in [-0.05, 0) is 17.5 Å². The number of aromatic nitrogens is 1. The van der Waals surface area contributed by atoms with Crippen molar-refractivity contribution >= 4 is 10.0 Å². The van der Waals surface area contributed by atoms with Gasteiger partial charge in [0.05, 0.1) is 4.90 Å². The molecule has 5 heteroatoms. The number of pyridine rings is 1. The maximum Gasteiger partial charge on any atom is 0.242 e. The normalized spacial score (nSPS) is 12.4. The van der Waals surface area contributed by atoms with Crippen LogP contribution in [0.25, 0.3) is 0 Å². The van der Waals surface area contributed by atoms with Crippen molar-refractivity contribution in [2.24, 2.45) is 0 Å². The van der Waals surface area contributed by atoms with Crippen molar-refractivity contribution in [1.82, 2.24) is 9.29 Å². The lowest BCUT2D eigenvalue weighted by molar-refractivity contribution is 0.518. The van der Waals surface area contributed by atoms with Crippen LogP contribution < -0.4 is 0 Å². The van der Waals surface area contributed by atoms with Gasteiger partial charge in [0.1, 0.15) is 0 Å². The summed E-state index contributed by atoms with van der Waals surface area (Å²) in [4.78, 5) is 4.30. The van der Waals surface area contributed by atoms with E-state index in [1.165, 1.54) is 24.6 Å². The van der Waals surface area contributed by atoms with E-state index < -0.39 is 10.0 Å². The van der Waals surface area contributed by atoms with Gasteiger partial charge in [-0.15, -0.1) is 0 Å². The van der Waals surface area contributed by atoms with Gasteiger partial charge in [-0.2, -0.15) is 0 Å². The average molecular weight is 228 g/mol. The summed E-state index contributed by atoms with van der Waals surface area (Å²) in [6.45, 7) is 3.90. The summed E-state index contributed by atoms with van der Waals surface area (Å²) >= 11 is 0. The summed E-state index contributed by atoms with van der Waals surface area (Å²) in [6.07, 6.45) is 3.11. The van der Waals surface area contributed by atoms with Crippen molar-refractivity contribution in [3.8, 4) is 0 Å². The molecule has 1 aromatic heterocycles. The molecule has 0 bridgehead atoms. The molecule has 0 aliphatic carbocycles. The highest BCUT2D eigenvalue weighted by molar-refractivity contribution is 7.89. The quantitative estimate of drug-likeness (QED) is 0.787. The molecule has 1 heterocycles. The van der Waals surface area contributed by atoms with Crippen LogP contribution in [0.1, 0.15) is 25.3 Å². The van der Waals surface area contributed by atoms with Crippen molar-refractivity contribution in [3.63, 3.8) is 0 Å². The summed E-state index contributed by atoms with van der Waals surface area (Å²) in [5.41, 5.74) is 0.756. The first-order valence-electron chi connectivity index (χ1n) is 4.73. The molecule has 1 rings (SSSR count). The SMILES string of the molecule is CC(C)c1cnccc1S(=O)(=O)N(C)C. The molecule has 0 aromatic carbocycles. The highest BCUT2D eigenvalue weighted by atomic mass is 32.2. The Bertz CT molecular complexity index is 438. The molecule has 0 fully saturated rings. The lowest BCUT2D eigenvalue weighted by Gasteiger charge is -2.16. The van der Waals surface area contributed by atoms with Crippen molar-refractivity contribution in [1.29, 1.82) is 0 Å². The molecule has 1 aromatic rings. The molecule has 84 valence electrons. The van der Waals surface area contributed by atoms with Gasteiger partial charge in [0.25, 0.3) is 0 Å². The molecule has 0 saturated heterocycles. The van der Waals surface area contributed by atoms with Crippen molar-refractivity contribution < 1.29 is 8.42 Å². The molecule has 0 saturated carbocycles. The average Bonchev–Trinajstić information content (AvgIpc) is 2.17. The highest BCUT2D eigenvalue weighted by Gasteiger charge is 2.21. The van der Waals surface area contributed by atoms with Gasteiger partial charge in [0.15, 0.2) is 0 Å². The fraction of sp³-hybridized carbons (Fsp3) is 0.500. The topological polar surface area (TPSA) is 50.3 Å². The summed E-state index contributed by atoms with van der Waals surface area (Å²) in [5, 5.41) is 0. The fourth-order valence-corrected chi connectivity index (χ4v) is 2.47. The van der Waals surface area contributed by atoms with Crippen molar-refractivity contribution in [3.05, 3.63) is 24.0 Å². The van der Waals surface area contributed by atoms with Gasteiger partial charge in [0, 0.05) is 26.5 Å². The van der Waals surface area contributed by atoms with E-state index in [2.05, 4.69) is 4.98 Å². The van der Waals surface area contributed by atoms with Gasteiger partial charge in [-0.25, -0.2) is 12.7 Å². The van der Waals surface area contributed by atoms with Gasteiger partial charge in [0.2, 0.25) is 10.0 Å². The molecule has 0 amide bonds. The van der Waals surface area contributed by atoms with Gasteiger partial charge < -0.3 is 0 Å². The monoisotopic (exact) mass is 228 g/mol. The molecular formula is C10H16N2O2S. The molecule has 0 aliphatic heterocycles. The summed E-state index contributed by atoms with van der Waals surface area (Å²) < 4.78 is 25.1. The Morgan fingerprint density at radius 2 is 1.93 bits per heavy atom. The maximum atomic E-state index is 12.0. The van der Waals surface area contributed by atoms with E-state index >= 15 is 0 Å². The highest BCUT2D eigenvalue weighted by Crippen LogP contribution is 2.23. The van der Waals surface area contributed by atoms with Crippen LogP contribution in [0, 0.1) is 0 Å². The number of hydrogen-bond donors (Lipinski definition) is 0. The summed E-state index contributed by atoms with van der Waals surface area (Å²) in [7, 11) is -0.304. The molecule has 0 N–H and O–H groups in total. The van der Waals surface area contributed by atoms with Gasteiger partial charge >= 0.3 is 0 Å². The van der Waals surface area contributed by atoms with E-state index in [1.807, 2.05) is 13.8 Å². The molecule has 0 unspecified atom stereocenters. The van der Waals surface area contributed by atoms with E-state index in [4.69, 9.17) is 0 Å². The third-order valence-electron chi connectivity index (χ3n) is 2.19. The van der Waals surface area contributed by atoms with Crippen LogP contribution in [0.2, 0.25) is 0 Å². The van der Waals surface area contributed by atoms with Crippen LogP contribution in [0.3, 0.4) is 0 Å². The molecule has 0 spiro atoms. The Kier molecular flexibility index (Phi) is 3.46. The predicted octanol–water partition coefficient (Wildman–Crippen LogP) is 1.46. The first-order chi connectivity index (χ1) is 6.87. The first-order valence-corrected chi connectivity index (χ1v) is 6.17. The second kappa shape index (κ2) is 4.28. The van der Waals surface area contributed by atoms with Crippen molar-refractivity contribution in [2.45, 2.75) is 24.7 Å². The lowest BCUT2D eigenvalue weighted by atomic mass is 10.1. The van der Waals surface area contributed by atoms with Crippen LogP contribution in [0.15, 0.2) is 23.4 Å². The van der Waals surface area contributed by atoms with E-state index in [0.717, 1.165) is 5.56 Å². The van der Waals surface area contributed by atoms with Crippen LogP contribution in [-0.2, 0) is 10.0 Å². The summed E-state index contributed by atoms with van der Waals surface area (Å²) in [5.74, 6) is 0.142. The minimum Gasteiger partial charge on any atom is -0.264 e. The predicted molar refractivity (Wildman–Crippen MR) is 59.2 cm³/mol. The molecule has 0 radical (unpaired) electrons. The van der Waals surface area contributed by atoms with Crippen LogP contribution in [0.4, 0.5) is 0 Å². The lowest BCUT2D eigenvalue weighted by Crippen LogP contribution is -2.23. The molecule has 4 nitrogen and oxygen atoms in total. The fourth-order valence-electron chi connectivity index (χ4n) is 1.26. The Balaban J connectivity index is 3.38. The minimum atomic E-state index is -3.36. The largest absolute Gasteiger partial charge is 0.264 e. The first kappa shape index (κ1) is 12.1. The maximum absolute atomic E-state index is 12.0. The standard InChI is InChI=1S/C10H16N2O2S/c1-8(2)9-7-11-6-5-10(9)15(13,14)12(3)4/h5-8H,1-4H3. The Labute approximate surface area is 91.0 Å². The number of rotatable bonds is 3. The third kappa shape index (κ3) is 2.35. The molecule has 15 heavy (non-hydrogen) atoms. The van der Waals surface area contributed by atoms with Gasteiger partial charge in [-0.1, -0.05) is 13.8 Å². The Morgan fingerprint density at radius 1 is 1.33 bits per heavy atom.